The van der Waals surface area contributed by atoms with Gasteiger partial charge in [0.2, 0.25) is 0 Å². The number of rotatable bonds is 4. The van der Waals surface area contributed by atoms with Crippen molar-refractivity contribution in [1.82, 2.24) is 9.99 Å². The molecule has 1 heterocycles. The number of carbonyl (C=O) groups excluding carboxylic acids is 1. The van der Waals surface area contributed by atoms with Crippen molar-refractivity contribution < 1.29 is 4.79 Å². The topological polar surface area (TPSA) is 46.4 Å². The molecule has 3 rings (SSSR count). The van der Waals surface area contributed by atoms with E-state index in [4.69, 9.17) is 23.2 Å². The monoisotopic (exact) mass is 357 g/mol. The molecule has 3 aromatic rings. The number of hydrogen-bond acceptors (Lipinski definition) is 2. The van der Waals surface area contributed by atoms with Gasteiger partial charge in [0.05, 0.1) is 11.9 Å². The number of nitrogens with one attached hydrogen (secondary N) is 1. The molecule has 0 radical (unpaired) electrons. The van der Waals surface area contributed by atoms with Crippen LogP contribution in [-0.2, 0) is 0 Å². The van der Waals surface area contributed by atoms with Crippen molar-refractivity contribution in [2.24, 2.45) is 5.10 Å². The lowest BCUT2D eigenvalue weighted by molar-refractivity contribution is 0.0955. The summed E-state index contributed by atoms with van der Waals surface area (Å²) in [5.41, 5.74) is 4.77. The van der Waals surface area contributed by atoms with Gasteiger partial charge in [0, 0.05) is 27.5 Å². The molecule has 24 heavy (non-hydrogen) atoms. The third-order valence-electron chi connectivity index (χ3n) is 3.35. The van der Waals surface area contributed by atoms with Crippen molar-refractivity contribution in [3.63, 3.8) is 0 Å². The summed E-state index contributed by atoms with van der Waals surface area (Å²) in [5.74, 6) is -0.299. The summed E-state index contributed by atoms with van der Waals surface area (Å²) < 4.78 is 1.94. The van der Waals surface area contributed by atoms with E-state index in [0.717, 1.165) is 11.4 Å². The average Bonchev–Trinajstić information content (AvgIpc) is 3.04. The maximum Gasteiger partial charge on any atom is 0.271 e. The van der Waals surface area contributed by atoms with Gasteiger partial charge in [0.25, 0.3) is 5.91 Å². The van der Waals surface area contributed by atoms with Gasteiger partial charge in [0.15, 0.2) is 0 Å². The molecule has 0 unspecified atom stereocenters. The van der Waals surface area contributed by atoms with Crippen LogP contribution in [0.25, 0.3) is 5.69 Å². The number of amides is 1. The number of halogens is 2. The second-order valence-electron chi connectivity index (χ2n) is 4.99. The Morgan fingerprint density at radius 1 is 0.958 bits per heavy atom. The molecular formula is C18H13Cl2N3O. The van der Waals surface area contributed by atoms with Crippen LogP contribution in [0.15, 0.2) is 72.0 Å². The maximum atomic E-state index is 12.0. The van der Waals surface area contributed by atoms with Crippen LogP contribution < -0.4 is 5.43 Å². The van der Waals surface area contributed by atoms with Gasteiger partial charge in [-0.25, -0.2) is 5.43 Å². The number of nitrogens with zero attached hydrogens (tertiary/aromatic N) is 2. The van der Waals surface area contributed by atoms with Crippen molar-refractivity contribution in [3.8, 4) is 5.69 Å². The highest BCUT2D eigenvalue weighted by atomic mass is 35.5. The van der Waals surface area contributed by atoms with Gasteiger partial charge in [-0.3, -0.25) is 4.79 Å². The zero-order valence-electron chi connectivity index (χ0n) is 12.5. The molecular weight excluding hydrogens is 345 g/mol. The first-order valence-electron chi connectivity index (χ1n) is 7.16. The molecule has 6 heteroatoms. The number of hydrogen-bond donors (Lipinski definition) is 1. The van der Waals surface area contributed by atoms with E-state index >= 15 is 0 Å². The van der Waals surface area contributed by atoms with E-state index in [2.05, 4.69) is 10.5 Å². The SMILES string of the molecule is O=C(N/N=C\c1cccn1-c1ccc(Cl)cc1)c1ccc(Cl)cc1. The highest BCUT2D eigenvalue weighted by Gasteiger charge is 2.04. The Hall–Kier alpha value is -2.56. The number of aromatic nitrogens is 1. The van der Waals surface area contributed by atoms with Crippen molar-refractivity contribution >= 4 is 35.3 Å². The minimum Gasteiger partial charge on any atom is -0.316 e. The van der Waals surface area contributed by atoms with E-state index < -0.39 is 0 Å². The molecule has 0 saturated carbocycles. The first kappa shape index (κ1) is 16.3. The molecule has 0 bridgehead atoms. The van der Waals surface area contributed by atoms with Crippen molar-refractivity contribution in [1.29, 1.82) is 0 Å². The summed E-state index contributed by atoms with van der Waals surface area (Å²) >= 11 is 11.7. The van der Waals surface area contributed by atoms with E-state index in [9.17, 15) is 4.79 Å². The molecule has 0 aliphatic carbocycles. The smallest absolute Gasteiger partial charge is 0.271 e. The quantitative estimate of drug-likeness (QED) is 0.540. The van der Waals surface area contributed by atoms with E-state index in [-0.39, 0.29) is 5.91 Å². The summed E-state index contributed by atoms with van der Waals surface area (Å²) in [6, 6.07) is 17.9. The predicted octanol–water partition coefficient (Wildman–Crippen LogP) is 4.55. The number of hydrazone groups is 1. The molecule has 120 valence electrons. The fourth-order valence-electron chi connectivity index (χ4n) is 2.16. The molecule has 4 nitrogen and oxygen atoms in total. The van der Waals surface area contributed by atoms with Crippen LogP contribution in [0, 0.1) is 0 Å². The minimum absolute atomic E-state index is 0.299. The minimum atomic E-state index is -0.299. The lowest BCUT2D eigenvalue weighted by Crippen LogP contribution is -2.17. The van der Waals surface area contributed by atoms with E-state index in [1.165, 1.54) is 0 Å². The van der Waals surface area contributed by atoms with Crippen LogP contribution >= 0.6 is 23.2 Å². The lowest BCUT2D eigenvalue weighted by Gasteiger charge is -2.06. The zero-order chi connectivity index (χ0) is 16.9. The zero-order valence-corrected chi connectivity index (χ0v) is 14.0. The van der Waals surface area contributed by atoms with Crippen LogP contribution in [-0.4, -0.2) is 16.7 Å². The van der Waals surface area contributed by atoms with Crippen molar-refractivity contribution in [3.05, 3.63) is 88.2 Å². The molecule has 0 fully saturated rings. The van der Waals surface area contributed by atoms with Crippen LogP contribution in [0.1, 0.15) is 16.1 Å². The summed E-state index contributed by atoms with van der Waals surface area (Å²) in [5, 5.41) is 5.27. The van der Waals surface area contributed by atoms with Crippen molar-refractivity contribution in [2.45, 2.75) is 0 Å². The Labute approximate surface area is 149 Å². The largest absolute Gasteiger partial charge is 0.316 e. The highest BCUT2D eigenvalue weighted by molar-refractivity contribution is 6.30. The third-order valence-corrected chi connectivity index (χ3v) is 3.86. The molecule has 0 atom stereocenters. The molecule has 0 saturated heterocycles. The van der Waals surface area contributed by atoms with Gasteiger partial charge >= 0.3 is 0 Å². The molecule has 1 N–H and O–H groups in total. The first-order valence-corrected chi connectivity index (χ1v) is 7.91. The molecule has 0 spiro atoms. The molecule has 2 aromatic carbocycles. The van der Waals surface area contributed by atoms with Gasteiger partial charge in [-0.15, -0.1) is 0 Å². The van der Waals surface area contributed by atoms with E-state index in [0.29, 0.717) is 15.6 Å². The summed E-state index contributed by atoms with van der Waals surface area (Å²) in [6.07, 6.45) is 3.49. The van der Waals surface area contributed by atoms with Crippen LogP contribution in [0.5, 0.6) is 0 Å². The van der Waals surface area contributed by atoms with Gasteiger partial charge in [0.1, 0.15) is 0 Å². The van der Waals surface area contributed by atoms with Crippen LogP contribution in [0.3, 0.4) is 0 Å². The third kappa shape index (κ3) is 3.85. The second-order valence-corrected chi connectivity index (χ2v) is 5.86. The van der Waals surface area contributed by atoms with Crippen LogP contribution in [0.4, 0.5) is 0 Å². The molecule has 0 aliphatic rings. The summed E-state index contributed by atoms with van der Waals surface area (Å²) in [4.78, 5) is 12.0. The average molecular weight is 358 g/mol. The Morgan fingerprint density at radius 3 is 2.25 bits per heavy atom. The molecule has 1 aromatic heterocycles. The standard InChI is InChI=1S/C18H13Cl2N3O/c19-14-5-3-13(4-6-14)18(24)22-21-12-17-2-1-11-23(17)16-9-7-15(20)8-10-16/h1-12H,(H,22,24)/b21-12-. The second kappa shape index (κ2) is 7.34. The number of benzene rings is 2. The van der Waals surface area contributed by atoms with E-state index in [1.807, 2.05) is 47.2 Å². The predicted molar refractivity (Wildman–Crippen MR) is 97.3 cm³/mol. The Balaban J connectivity index is 1.71. The normalized spacial score (nSPS) is 10.9. The van der Waals surface area contributed by atoms with Gasteiger partial charge < -0.3 is 4.57 Å². The molecule has 1 amide bonds. The first-order chi connectivity index (χ1) is 11.6. The van der Waals surface area contributed by atoms with Gasteiger partial charge in [-0.2, -0.15) is 5.10 Å². The Morgan fingerprint density at radius 2 is 1.58 bits per heavy atom. The summed E-state index contributed by atoms with van der Waals surface area (Å²) in [6.45, 7) is 0. The van der Waals surface area contributed by atoms with Crippen molar-refractivity contribution in [2.75, 3.05) is 0 Å². The Bertz CT molecular complexity index is 868. The highest BCUT2D eigenvalue weighted by Crippen LogP contribution is 2.15. The number of carbonyl (C=O) groups is 1. The summed E-state index contributed by atoms with van der Waals surface area (Å²) in [7, 11) is 0. The van der Waals surface area contributed by atoms with Gasteiger partial charge in [-0.05, 0) is 60.7 Å². The fraction of sp³-hybridized carbons (Fsp3) is 0. The fourth-order valence-corrected chi connectivity index (χ4v) is 2.41. The maximum absolute atomic E-state index is 12.0. The van der Waals surface area contributed by atoms with E-state index in [1.54, 1.807) is 30.5 Å². The Kier molecular flexibility index (Phi) is 4.99. The lowest BCUT2D eigenvalue weighted by atomic mass is 10.2. The van der Waals surface area contributed by atoms with Gasteiger partial charge in [-0.1, -0.05) is 23.2 Å². The molecule has 0 aliphatic heterocycles. The van der Waals surface area contributed by atoms with Crippen LogP contribution in [0.2, 0.25) is 10.0 Å².